The van der Waals surface area contributed by atoms with Gasteiger partial charge in [0.15, 0.2) is 0 Å². The summed E-state index contributed by atoms with van der Waals surface area (Å²) >= 11 is 0. The molecule has 1 aromatic carbocycles. The van der Waals surface area contributed by atoms with Gasteiger partial charge in [0.25, 0.3) is 0 Å². The molecule has 2 heterocycles. The number of amides is 1. The van der Waals surface area contributed by atoms with E-state index in [0.29, 0.717) is 12.5 Å². The summed E-state index contributed by atoms with van der Waals surface area (Å²) in [7, 11) is 1.69. The fraction of sp³-hybridized carbons (Fsp3) is 0.682. The van der Waals surface area contributed by atoms with E-state index in [9.17, 15) is 4.79 Å². The van der Waals surface area contributed by atoms with E-state index in [0.717, 1.165) is 56.1 Å². The summed E-state index contributed by atoms with van der Waals surface area (Å²) in [6.45, 7) is 4.90. The van der Waals surface area contributed by atoms with Crippen molar-refractivity contribution < 1.29 is 9.53 Å². The molecule has 0 N–H and O–H groups in total. The van der Waals surface area contributed by atoms with E-state index in [2.05, 4.69) is 21.9 Å². The molecule has 1 aromatic rings. The highest BCUT2D eigenvalue weighted by Gasteiger charge is 2.48. The molecule has 0 radical (unpaired) electrons. The Morgan fingerprint density at radius 1 is 1.15 bits per heavy atom. The molecule has 3 fully saturated rings. The van der Waals surface area contributed by atoms with Crippen molar-refractivity contribution in [1.29, 1.82) is 0 Å². The van der Waals surface area contributed by atoms with Crippen molar-refractivity contribution in [1.82, 2.24) is 9.80 Å². The molecule has 142 valence electrons. The van der Waals surface area contributed by atoms with E-state index in [1.807, 2.05) is 12.1 Å². The van der Waals surface area contributed by atoms with Crippen molar-refractivity contribution in [2.24, 2.45) is 11.3 Å². The third kappa shape index (κ3) is 3.62. The first-order valence-corrected chi connectivity index (χ1v) is 10.3. The van der Waals surface area contributed by atoms with Crippen molar-refractivity contribution >= 4 is 5.91 Å². The van der Waals surface area contributed by atoms with Crippen molar-refractivity contribution in [3.63, 3.8) is 0 Å². The number of carbonyl (C=O) groups is 1. The largest absolute Gasteiger partial charge is 0.497 e. The number of likely N-dealkylation sites (tertiary alicyclic amines) is 2. The monoisotopic (exact) mass is 356 g/mol. The molecule has 1 saturated carbocycles. The van der Waals surface area contributed by atoms with Crippen LogP contribution in [0.5, 0.6) is 5.75 Å². The van der Waals surface area contributed by atoms with Gasteiger partial charge in [-0.1, -0.05) is 25.0 Å². The minimum atomic E-state index is -0.115. The van der Waals surface area contributed by atoms with Gasteiger partial charge >= 0.3 is 0 Å². The third-order valence-corrected chi connectivity index (χ3v) is 6.76. The lowest BCUT2D eigenvalue weighted by molar-refractivity contribution is -0.146. The average Bonchev–Trinajstić information content (AvgIpc) is 3.31. The summed E-state index contributed by atoms with van der Waals surface area (Å²) in [4.78, 5) is 18.0. The maximum atomic E-state index is 13.4. The van der Waals surface area contributed by atoms with Crippen molar-refractivity contribution in [2.45, 2.75) is 51.5 Å². The minimum absolute atomic E-state index is 0.115. The predicted molar refractivity (Wildman–Crippen MR) is 103 cm³/mol. The van der Waals surface area contributed by atoms with Crippen LogP contribution in [0.15, 0.2) is 24.3 Å². The Kier molecular flexibility index (Phi) is 5.21. The highest BCUT2D eigenvalue weighted by molar-refractivity contribution is 5.84. The van der Waals surface area contributed by atoms with Crippen LogP contribution in [0.25, 0.3) is 0 Å². The van der Waals surface area contributed by atoms with E-state index in [4.69, 9.17) is 4.74 Å². The van der Waals surface area contributed by atoms with Crippen LogP contribution in [0.2, 0.25) is 0 Å². The molecule has 2 saturated heterocycles. The van der Waals surface area contributed by atoms with Crippen LogP contribution in [-0.2, 0) is 11.3 Å². The van der Waals surface area contributed by atoms with Gasteiger partial charge < -0.3 is 14.5 Å². The van der Waals surface area contributed by atoms with Crippen molar-refractivity contribution in [3.8, 4) is 5.75 Å². The van der Waals surface area contributed by atoms with Crippen LogP contribution in [0, 0.1) is 11.3 Å². The number of rotatable bonds is 5. The summed E-state index contributed by atoms with van der Waals surface area (Å²) in [5.41, 5.74) is 1.05. The molecule has 0 aromatic heterocycles. The van der Waals surface area contributed by atoms with E-state index < -0.39 is 0 Å². The second kappa shape index (κ2) is 7.59. The molecule has 0 bridgehead atoms. The molecule has 4 nitrogen and oxygen atoms in total. The van der Waals surface area contributed by atoms with Gasteiger partial charge in [-0.3, -0.25) is 4.79 Å². The lowest BCUT2D eigenvalue weighted by atomic mass is 9.78. The highest BCUT2D eigenvalue weighted by Crippen LogP contribution is 2.41. The fourth-order valence-electron chi connectivity index (χ4n) is 5.35. The molecule has 2 aliphatic heterocycles. The van der Waals surface area contributed by atoms with Crippen LogP contribution in [0.4, 0.5) is 0 Å². The predicted octanol–water partition coefficient (Wildman–Crippen LogP) is 3.70. The molecule has 1 spiro atoms. The average molecular weight is 357 g/mol. The van der Waals surface area contributed by atoms with E-state index >= 15 is 0 Å². The van der Waals surface area contributed by atoms with E-state index in [1.165, 1.54) is 32.2 Å². The van der Waals surface area contributed by atoms with Crippen LogP contribution in [0.1, 0.15) is 50.5 Å². The van der Waals surface area contributed by atoms with Crippen molar-refractivity contribution in [3.05, 3.63) is 29.8 Å². The topological polar surface area (TPSA) is 32.8 Å². The fourth-order valence-corrected chi connectivity index (χ4v) is 5.35. The zero-order valence-corrected chi connectivity index (χ0v) is 16.1. The lowest BCUT2D eigenvalue weighted by Gasteiger charge is -2.39. The minimum Gasteiger partial charge on any atom is -0.497 e. The highest BCUT2D eigenvalue weighted by atomic mass is 16.5. The first-order valence-electron chi connectivity index (χ1n) is 10.3. The molecular formula is C22H32N2O2. The van der Waals surface area contributed by atoms with Gasteiger partial charge in [0.2, 0.25) is 5.91 Å². The van der Waals surface area contributed by atoms with E-state index in [-0.39, 0.29) is 5.41 Å². The second-order valence-electron chi connectivity index (χ2n) is 8.60. The number of carbonyl (C=O) groups excluding carboxylic acids is 1. The van der Waals surface area contributed by atoms with Crippen LogP contribution in [-0.4, -0.2) is 49.0 Å². The lowest BCUT2D eigenvalue weighted by Crippen LogP contribution is -2.49. The molecule has 3 aliphatic rings. The molecule has 1 atom stereocenters. The molecule has 1 aliphatic carbocycles. The van der Waals surface area contributed by atoms with Crippen LogP contribution < -0.4 is 4.74 Å². The zero-order chi connectivity index (χ0) is 18.0. The second-order valence-corrected chi connectivity index (χ2v) is 8.60. The normalized spacial score (nSPS) is 27.6. The van der Waals surface area contributed by atoms with Gasteiger partial charge in [-0.25, -0.2) is 0 Å². The van der Waals surface area contributed by atoms with Gasteiger partial charge in [-0.15, -0.1) is 0 Å². The summed E-state index contributed by atoms with van der Waals surface area (Å²) in [5, 5.41) is 0. The number of piperidine rings is 1. The number of nitrogens with zero attached hydrogens (tertiary/aromatic N) is 2. The zero-order valence-electron chi connectivity index (χ0n) is 16.1. The Morgan fingerprint density at radius 3 is 2.81 bits per heavy atom. The van der Waals surface area contributed by atoms with Crippen LogP contribution in [0.3, 0.4) is 0 Å². The Morgan fingerprint density at radius 2 is 2.00 bits per heavy atom. The summed E-state index contributed by atoms with van der Waals surface area (Å²) in [6, 6.07) is 8.12. The SMILES string of the molecule is COc1cccc(CN2CCCC3(CCN(CC4CCCC4)C3)C2=O)c1. The number of hydrogen-bond acceptors (Lipinski definition) is 3. The Hall–Kier alpha value is -1.55. The van der Waals surface area contributed by atoms with Gasteiger partial charge in [-0.05, 0) is 62.3 Å². The number of methoxy groups -OCH3 is 1. The third-order valence-electron chi connectivity index (χ3n) is 6.76. The molecule has 1 unspecified atom stereocenters. The molecule has 26 heavy (non-hydrogen) atoms. The van der Waals surface area contributed by atoms with Crippen molar-refractivity contribution in [2.75, 3.05) is 33.3 Å². The quantitative estimate of drug-likeness (QED) is 0.806. The standard InChI is InChI=1S/C22H32N2O2/c1-26-20-9-4-8-19(14-20)16-24-12-5-10-22(21(24)25)11-13-23(17-22)15-18-6-2-3-7-18/h4,8-9,14,18H,2-3,5-7,10-13,15-17H2,1H3. The summed E-state index contributed by atoms with van der Waals surface area (Å²) in [6.07, 6.45) is 8.83. The molecule has 4 rings (SSSR count). The first kappa shape index (κ1) is 17.8. The van der Waals surface area contributed by atoms with Crippen LogP contribution >= 0.6 is 0 Å². The smallest absolute Gasteiger partial charge is 0.230 e. The Balaban J connectivity index is 1.40. The molecule has 1 amide bonds. The first-order chi connectivity index (χ1) is 12.7. The number of benzene rings is 1. The number of hydrogen-bond donors (Lipinski definition) is 0. The Bertz CT molecular complexity index is 641. The van der Waals surface area contributed by atoms with Gasteiger partial charge in [-0.2, -0.15) is 0 Å². The van der Waals surface area contributed by atoms with Gasteiger partial charge in [0.05, 0.1) is 12.5 Å². The molecule has 4 heteroatoms. The van der Waals surface area contributed by atoms with Gasteiger partial charge in [0, 0.05) is 26.2 Å². The number of ether oxygens (including phenoxy) is 1. The van der Waals surface area contributed by atoms with Gasteiger partial charge in [0.1, 0.15) is 5.75 Å². The Labute approximate surface area is 157 Å². The van der Waals surface area contributed by atoms with E-state index in [1.54, 1.807) is 7.11 Å². The maximum absolute atomic E-state index is 13.4. The summed E-state index contributed by atoms with van der Waals surface area (Å²) < 4.78 is 5.33. The summed E-state index contributed by atoms with van der Waals surface area (Å²) in [5.74, 6) is 2.13. The maximum Gasteiger partial charge on any atom is 0.230 e. The molecular weight excluding hydrogens is 324 g/mol.